The highest BCUT2D eigenvalue weighted by molar-refractivity contribution is 5.99. The zero-order valence-corrected chi connectivity index (χ0v) is 13.1. The Morgan fingerprint density at radius 1 is 1.08 bits per heavy atom. The molecule has 1 heterocycles. The normalized spacial score (nSPS) is 10.7. The van der Waals surface area contributed by atoms with E-state index in [4.69, 9.17) is 4.74 Å². The maximum atomic E-state index is 13.9. The van der Waals surface area contributed by atoms with Crippen molar-refractivity contribution in [3.8, 4) is 0 Å². The van der Waals surface area contributed by atoms with Crippen LogP contribution < -0.4 is 5.32 Å². The van der Waals surface area contributed by atoms with Crippen molar-refractivity contribution in [2.24, 2.45) is 0 Å². The third-order valence-electron chi connectivity index (χ3n) is 3.56. The molecule has 0 spiro atoms. The summed E-state index contributed by atoms with van der Waals surface area (Å²) in [4.78, 5) is 16.1. The molecule has 1 aromatic heterocycles. The lowest BCUT2D eigenvalue weighted by atomic mass is 10.1. The molecule has 0 radical (unpaired) electrons. The van der Waals surface area contributed by atoms with E-state index in [0.717, 1.165) is 23.8 Å². The summed E-state index contributed by atoms with van der Waals surface area (Å²) >= 11 is 0. The monoisotopic (exact) mass is 328 g/mol. The van der Waals surface area contributed by atoms with Crippen LogP contribution in [0.4, 0.5) is 20.2 Å². The van der Waals surface area contributed by atoms with Crippen molar-refractivity contribution in [2.45, 2.75) is 6.92 Å². The molecule has 0 atom stereocenters. The van der Waals surface area contributed by atoms with Crippen molar-refractivity contribution in [1.29, 1.82) is 0 Å². The number of methoxy groups -OCH3 is 1. The number of halogens is 2. The van der Waals surface area contributed by atoms with E-state index in [9.17, 15) is 13.6 Å². The number of pyridine rings is 1. The minimum Gasteiger partial charge on any atom is -0.464 e. The first-order valence-electron chi connectivity index (χ1n) is 7.20. The fraction of sp³-hybridized carbons (Fsp3) is 0.111. The Morgan fingerprint density at radius 2 is 1.88 bits per heavy atom. The van der Waals surface area contributed by atoms with E-state index in [1.54, 1.807) is 6.07 Å². The van der Waals surface area contributed by atoms with Crippen LogP contribution in [-0.4, -0.2) is 18.1 Å². The minimum atomic E-state index is -0.611. The van der Waals surface area contributed by atoms with Crippen LogP contribution in [0.1, 0.15) is 16.1 Å². The van der Waals surface area contributed by atoms with Gasteiger partial charge in [-0.3, -0.25) is 0 Å². The molecule has 1 N–H and O–H groups in total. The molecule has 3 aromatic rings. The number of hydrogen-bond acceptors (Lipinski definition) is 4. The number of aryl methyl sites for hydroxylation is 1. The summed E-state index contributed by atoms with van der Waals surface area (Å²) in [5.41, 5.74) is 2.00. The van der Waals surface area contributed by atoms with E-state index in [1.165, 1.54) is 13.2 Å². The molecule has 0 unspecified atom stereocenters. The maximum Gasteiger partial charge on any atom is 0.356 e. The van der Waals surface area contributed by atoms with Gasteiger partial charge in [0.15, 0.2) is 5.69 Å². The second-order valence-electron chi connectivity index (χ2n) is 5.32. The molecule has 0 saturated heterocycles. The van der Waals surface area contributed by atoms with Gasteiger partial charge in [0.1, 0.15) is 11.6 Å². The molecule has 4 nitrogen and oxygen atoms in total. The molecule has 122 valence electrons. The highest BCUT2D eigenvalue weighted by Crippen LogP contribution is 2.29. The summed E-state index contributed by atoms with van der Waals surface area (Å²) < 4.78 is 32.0. The lowest BCUT2D eigenvalue weighted by Crippen LogP contribution is -2.06. The van der Waals surface area contributed by atoms with E-state index < -0.39 is 17.6 Å². The van der Waals surface area contributed by atoms with Gasteiger partial charge in [-0.25, -0.2) is 18.6 Å². The molecule has 0 aliphatic heterocycles. The number of benzene rings is 2. The number of nitrogens with zero attached hydrogens (tertiary/aromatic N) is 1. The number of anilines is 2. The van der Waals surface area contributed by atoms with Crippen LogP contribution in [-0.2, 0) is 4.74 Å². The summed E-state index contributed by atoms with van der Waals surface area (Å²) in [7, 11) is 1.25. The average Bonchev–Trinajstić information content (AvgIpc) is 2.57. The number of esters is 1. The Balaban J connectivity index is 2.18. The smallest absolute Gasteiger partial charge is 0.356 e. The van der Waals surface area contributed by atoms with Crippen molar-refractivity contribution in [1.82, 2.24) is 4.98 Å². The van der Waals surface area contributed by atoms with Gasteiger partial charge in [-0.05, 0) is 37.3 Å². The van der Waals surface area contributed by atoms with E-state index >= 15 is 0 Å². The van der Waals surface area contributed by atoms with Gasteiger partial charge in [0.05, 0.1) is 24.0 Å². The number of nitrogens with one attached hydrogen (secondary N) is 1. The highest BCUT2D eigenvalue weighted by Gasteiger charge is 2.14. The van der Waals surface area contributed by atoms with Crippen molar-refractivity contribution >= 4 is 28.2 Å². The van der Waals surface area contributed by atoms with Crippen LogP contribution in [0.25, 0.3) is 10.9 Å². The molecule has 2 aromatic carbocycles. The standard InChI is InChI=1S/C18H14F2N2O2/c1-10-3-6-14-12(7-10)15(9-17(21-14)18(23)24-2)22-16-8-11(19)4-5-13(16)20/h3-9H,1-2H3,(H,21,22). The molecule has 0 aliphatic rings. The quantitative estimate of drug-likeness (QED) is 0.726. The topological polar surface area (TPSA) is 51.2 Å². The number of hydrogen-bond donors (Lipinski definition) is 1. The minimum absolute atomic E-state index is 0.0279. The summed E-state index contributed by atoms with van der Waals surface area (Å²) in [6.45, 7) is 1.90. The van der Waals surface area contributed by atoms with Gasteiger partial charge < -0.3 is 10.1 Å². The Labute approximate surface area is 137 Å². The average molecular weight is 328 g/mol. The number of aromatic nitrogens is 1. The summed E-state index contributed by atoms with van der Waals surface area (Å²) in [6, 6.07) is 10.0. The molecule has 0 amide bonds. The fourth-order valence-corrected chi connectivity index (χ4v) is 2.39. The Bertz CT molecular complexity index is 942. The van der Waals surface area contributed by atoms with Gasteiger partial charge in [-0.1, -0.05) is 11.6 Å². The molecule has 0 fully saturated rings. The van der Waals surface area contributed by atoms with E-state index in [1.807, 2.05) is 19.1 Å². The van der Waals surface area contributed by atoms with Crippen LogP contribution in [0, 0.1) is 18.6 Å². The molecule has 6 heteroatoms. The van der Waals surface area contributed by atoms with Crippen LogP contribution in [0.15, 0.2) is 42.5 Å². The summed E-state index contributed by atoms with van der Waals surface area (Å²) in [5, 5.41) is 3.53. The molecule has 0 aliphatic carbocycles. The summed E-state index contributed by atoms with van der Waals surface area (Å²) in [6.07, 6.45) is 0. The third kappa shape index (κ3) is 3.03. The van der Waals surface area contributed by atoms with Crippen LogP contribution in [0.2, 0.25) is 0 Å². The van der Waals surface area contributed by atoms with Crippen molar-refractivity contribution in [2.75, 3.05) is 12.4 Å². The largest absolute Gasteiger partial charge is 0.464 e. The van der Waals surface area contributed by atoms with Crippen molar-refractivity contribution in [3.63, 3.8) is 0 Å². The Morgan fingerprint density at radius 3 is 2.62 bits per heavy atom. The predicted molar refractivity (Wildman–Crippen MR) is 87.5 cm³/mol. The maximum absolute atomic E-state index is 13.9. The molecular weight excluding hydrogens is 314 g/mol. The van der Waals surface area contributed by atoms with Crippen LogP contribution >= 0.6 is 0 Å². The third-order valence-corrected chi connectivity index (χ3v) is 3.56. The van der Waals surface area contributed by atoms with Gasteiger partial charge >= 0.3 is 5.97 Å². The zero-order chi connectivity index (χ0) is 17.3. The Kier molecular flexibility index (Phi) is 4.12. The fourth-order valence-electron chi connectivity index (χ4n) is 2.39. The van der Waals surface area contributed by atoms with Crippen molar-refractivity contribution < 1.29 is 18.3 Å². The number of fused-ring (bicyclic) bond motifs is 1. The zero-order valence-electron chi connectivity index (χ0n) is 13.1. The second kappa shape index (κ2) is 6.23. The predicted octanol–water partition coefficient (Wildman–Crippen LogP) is 4.35. The molecule has 3 rings (SSSR count). The van der Waals surface area contributed by atoms with Crippen LogP contribution in [0.3, 0.4) is 0 Å². The first-order chi connectivity index (χ1) is 11.5. The van der Waals surface area contributed by atoms with Crippen LogP contribution in [0.5, 0.6) is 0 Å². The van der Waals surface area contributed by atoms with E-state index in [0.29, 0.717) is 16.6 Å². The first-order valence-corrected chi connectivity index (χ1v) is 7.20. The van der Waals surface area contributed by atoms with E-state index in [2.05, 4.69) is 10.3 Å². The second-order valence-corrected chi connectivity index (χ2v) is 5.32. The van der Waals surface area contributed by atoms with Gasteiger partial charge in [0.2, 0.25) is 0 Å². The molecule has 24 heavy (non-hydrogen) atoms. The van der Waals surface area contributed by atoms with Gasteiger partial charge in [0.25, 0.3) is 0 Å². The van der Waals surface area contributed by atoms with E-state index in [-0.39, 0.29) is 11.4 Å². The molecule has 0 saturated carbocycles. The van der Waals surface area contributed by atoms with Gasteiger partial charge in [-0.15, -0.1) is 0 Å². The molecule has 0 bridgehead atoms. The number of rotatable bonds is 3. The lowest BCUT2D eigenvalue weighted by molar-refractivity contribution is 0.0594. The molecular formula is C18H14F2N2O2. The summed E-state index contributed by atoms with van der Waals surface area (Å²) in [5.74, 6) is -1.78. The number of carbonyl (C=O) groups excluding carboxylic acids is 1. The highest BCUT2D eigenvalue weighted by atomic mass is 19.1. The number of ether oxygens (including phenoxy) is 1. The van der Waals surface area contributed by atoms with Crippen molar-refractivity contribution in [3.05, 3.63) is 65.4 Å². The number of carbonyl (C=O) groups is 1. The van der Waals surface area contributed by atoms with Gasteiger partial charge in [-0.2, -0.15) is 0 Å². The SMILES string of the molecule is COC(=O)c1cc(Nc2cc(F)ccc2F)c2cc(C)ccc2n1. The lowest BCUT2D eigenvalue weighted by Gasteiger charge is -2.12. The first kappa shape index (κ1) is 15.9. The van der Waals surface area contributed by atoms with Gasteiger partial charge in [0, 0.05) is 11.5 Å². The Hall–Kier alpha value is -3.02.